The van der Waals surface area contributed by atoms with Gasteiger partial charge in [-0.15, -0.1) is 0 Å². The fourth-order valence-electron chi connectivity index (χ4n) is 1.56. The zero-order valence-electron chi connectivity index (χ0n) is 11.0. The second-order valence-electron chi connectivity index (χ2n) is 4.63. The summed E-state index contributed by atoms with van der Waals surface area (Å²) < 4.78 is 24.4. The van der Waals surface area contributed by atoms with Crippen molar-refractivity contribution < 1.29 is 23.5 Å². The Kier molecular flexibility index (Phi) is 4.57. The number of hydrogen-bond donors (Lipinski definition) is 1. The van der Waals surface area contributed by atoms with Crippen LogP contribution in [0.15, 0.2) is 28.4 Å². The van der Waals surface area contributed by atoms with Gasteiger partial charge in [0.25, 0.3) is 5.79 Å². The molecule has 1 aliphatic rings. The van der Waals surface area contributed by atoms with Gasteiger partial charge in [0.2, 0.25) is 0 Å². The largest absolute Gasteiger partial charge is 0.419 e. The van der Waals surface area contributed by atoms with E-state index in [4.69, 9.17) is 9.47 Å². The minimum absolute atomic E-state index is 0.291. The quantitative estimate of drug-likeness (QED) is 0.237. The molecule has 2 rings (SSSR count). The third-order valence-corrected chi connectivity index (χ3v) is 3.98. The molecule has 1 heterocycles. The van der Waals surface area contributed by atoms with Gasteiger partial charge in [0.15, 0.2) is 5.57 Å². The number of carbonyl (C=O) groups excluding carboxylic acids is 2. The van der Waals surface area contributed by atoms with Gasteiger partial charge in [0.1, 0.15) is 5.82 Å². The van der Waals surface area contributed by atoms with E-state index in [2.05, 4.69) is 21.2 Å². The van der Waals surface area contributed by atoms with E-state index in [1.807, 2.05) is 22.6 Å². The number of anilines is 1. The number of nitrogens with one attached hydrogen (secondary N) is 1. The van der Waals surface area contributed by atoms with E-state index in [1.54, 1.807) is 6.07 Å². The van der Waals surface area contributed by atoms with Gasteiger partial charge in [0.05, 0.1) is 9.26 Å². The van der Waals surface area contributed by atoms with Crippen molar-refractivity contribution in [1.29, 1.82) is 0 Å². The van der Waals surface area contributed by atoms with Gasteiger partial charge in [-0.3, -0.25) is 0 Å². The van der Waals surface area contributed by atoms with Crippen molar-refractivity contribution in [2.45, 2.75) is 19.6 Å². The minimum Gasteiger partial charge on any atom is -0.419 e. The van der Waals surface area contributed by atoms with E-state index in [0.717, 1.165) is 6.20 Å². The lowest BCUT2D eigenvalue weighted by Crippen LogP contribution is -2.42. The molecule has 0 aliphatic carbocycles. The smallest absolute Gasteiger partial charge is 0.350 e. The number of halogens is 3. The highest BCUT2D eigenvalue weighted by atomic mass is 127. The average Bonchev–Trinajstić information content (AvgIpc) is 2.32. The van der Waals surface area contributed by atoms with Crippen molar-refractivity contribution in [1.82, 2.24) is 0 Å². The topological polar surface area (TPSA) is 64.6 Å². The average molecular weight is 470 g/mol. The summed E-state index contributed by atoms with van der Waals surface area (Å²) in [5.41, 5.74) is 0.0750. The minimum atomic E-state index is -1.29. The van der Waals surface area contributed by atoms with Crippen LogP contribution in [-0.4, -0.2) is 17.7 Å². The number of rotatable bonds is 2. The number of hydrogen-bond acceptors (Lipinski definition) is 5. The highest BCUT2D eigenvalue weighted by molar-refractivity contribution is 14.1. The lowest BCUT2D eigenvalue weighted by Gasteiger charge is -2.29. The number of ether oxygens (including phenoxy) is 2. The van der Waals surface area contributed by atoms with Gasteiger partial charge in [-0.05, 0) is 50.7 Å². The molecule has 0 unspecified atom stereocenters. The molecule has 1 aromatic carbocycles. The van der Waals surface area contributed by atoms with Crippen LogP contribution < -0.4 is 5.32 Å². The molecule has 0 radical (unpaired) electrons. The van der Waals surface area contributed by atoms with Crippen LogP contribution in [-0.2, 0) is 19.1 Å². The first kappa shape index (κ1) is 16.2. The summed E-state index contributed by atoms with van der Waals surface area (Å²) >= 11 is 5.11. The predicted molar refractivity (Wildman–Crippen MR) is 84.8 cm³/mol. The van der Waals surface area contributed by atoms with Crippen molar-refractivity contribution in [3.05, 3.63) is 37.8 Å². The first-order chi connectivity index (χ1) is 9.69. The van der Waals surface area contributed by atoms with E-state index < -0.39 is 23.5 Å². The third kappa shape index (κ3) is 3.73. The van der Waals surface area contributed by atoms with Crippen molar-refractivity contribution in [2.24, 2.45) is 0 Å². The molecule has 1 N–H and O–H groups in total. The Morgan fingerprint density at radius 2 is 1.86 bits per heavy atom. The second kappa shape index (κ2) is 5.91. The van der Waals surface area contributed by atoms with E-state index in [0.29, 0.717) is 13.7 Å². The van der Waals surface area contributed by atoms with Crippen LogP contribution >= 0.6 is 38.5 Å². The highest BCUT2D eigenvalue weighted by Crippen LogP contribution is 2.28. The lowest BCUT2D eigenvalue weighted by molar-refractivity contribution is -0.222. The zero-order valence-corrected chi connectivity index (χ0v) is 14.7. The van der Waals surface area contributed by atoms with Crippen molar-refractivity contribution in [3.63, 3.8) is 0 Å². The van der Waals surface area contributed by atoms with Crippen LogP contribution in [0.2, 0.25) is 0 Å². The Hall–Kier alpha value is -1.16. The maximum absolute atomic E-state index is 13.5. The summed E-state index contributed by atoms with van der Waals surface area (Å²) in [5, 5.41) is 2.68. The number of benzene rings is 1. The maximum Gasteiger partial charge on any atom is 0.350 e. The third-order valence-electron chi connectivity index (χ3n) is 2.50. The maximum atomic E-state index is 13.5. The number of cyclic esters (lactones) is 2. The lowest BCUT2D eigenvalue weighted by atomic mass is 10.2. The molecule has 21 heavy (non-hydrogen) atoms. The number of carbonyl (C=O) groups is 2. The molecule has 1 fully saturated rings. The summed E-state index contributed by atoms with van der Waals surface area (Å²) in [6.07, 6.45) is 1.13. The summed E-state index contributed by atoms with van der Waals surface area (Å²) in [7, 11) is 0. The second-order valence-corrected chi connectivity index (χ2v) is 6.64. The summed E-state index contributed by atoms with van der Waals surface area (Å²) in [6, 6.07) is 2.81. The normalized spacial score (nSPS) is 17.1. The first-order valence-electron chi connectivity index (χ1n) is 5.77. The molecule has 0 saturated carbocycles. The van der Waals surface area contributed by atoms with Gasteiger partial charge in [-0.2, -0.15) is 0 Å². The standard InChI is InChI=1S/C13H10BrFINO4/c1-13(2)20-11(18)6(12(19)21-13)5-17-10-4-8(15)9(16)3-7(10)14/h3-5,17H,1-2H3. The monoisotopic (exact) mass is 469 g/mol. The van der Waals surface area contributed by atoms with E-state index in [-0.39, 0.29) is 5.57 Å². The molecule has 1 saturated heterocycles. The molecule has 0 amide bonds. The van der Waals surface area contributed by atoms with Gasteiger partial charge in [0, 0.05) is 24.5 Å². The van der Waals surface area contributed by atoms with Gasteiger partial charge >= 0.3 is 11.9 Å². The Balaban J connectivity index is 2.24. The fraction of sp³-hybridized carbons (Fsp3) is 0.231. The van der Waals surface area contributed by atoms with Crippen molar-refractivity contribution in [3.8, 4) is 0 Å². The molecule has 1 aliphatic heterocycles. The molecule has 112 valence electrons. The first-order valence-corrected chi connectivity index (χ1v) is 7.65. The summed E-state index contributed by atoms with van der Waals surface area (Å²) in [6.45, 7) is 2.91. The van der Waals surface area contributed by atoms with Crippen LogP contribution in [0.5, 0.6) is 0 Å². The fourth-order valence-corrected chi connectivity index (χ4v) is 2.91. The van der Waals surface area contributed by atoms with Gasteiger partial charge in [-0.25, -0.2) is 14.0 Å². The molecule has 8 heteroatoms. The SMILES string of the molecule is CC1(C)OC(=O)C(=CNc2cc(F)c(I)cc2Br)C(=O)O1. The molecular weight excluding hydrogens is 460 g/mol. The van der Waals surface area contributed by atoms with Crippen LogP contribution in [0.4, 0.5) is 10.1 Å². The van der Waals surface area contributed by atoms with Gasteiger partial charge in [-0.1, -0.05) is 0 Å². The summed E-state index contributed by atoms with van der Waals surface area (Å²) in [4.78, 5) is 23.5. The molecule has 0 spiro atoms. The van der Waals surface area contributed by atoms with E-state index >= 15 is 0 Å². The molecule has 0 aromatic heterocycles. The highest BCUT2D eigenvalue weighted by Gasteiger charge is 2.38. The molecule has 5 nitrogen and oxygen atoms in total. The zero-order chi connectivity index (χ0) is 15.8. The van der Waals surface area contributed by atoms with Crippen molar-refractivity contribution >= 4 is 56.1 Å². The van der Waals surface area contributed by atoms with Crippen molar-refractivity contribution in [2.75, 3.05) is 5.32 Å². The van der Waals surface area contributed by atoms with Crippen LogP contribution in [0.3, 0.4) is 0 Å². The van der Waals surface area contributed by atoms with Crippen LogP contribution in [0.25, 0.3) is 0 Å². The molecule has 0 bridgehead atoms. The molecule has 1 aromatic rings. The molecular formula is C13H10BrFINO4. The van der Waals surface area contributed by atoms with Crippen LogP contribution in [0.1, 0.15) is 13.8 Å². The Bertz CT molecular complexity index is 638. The Morgan fingerprint density at radius 1 is 1.29 bits per heavy atom. The van der Waals surface area contributed by atoms with E-state index in [9.17, 15) is 14.0 Å². The summed E-state index contributed by atoms with van der Waals surface area (Å²) in [5.74, 6) is -3.31. The number of esters is 2. The van der Waals surface area contributed by atoms with Gasteiger partial charge < -0.3 is 14.8 Å². The predicted octanol–water partition coefficient (Wildman–Crippen LogP) is 3.32. The Morgan fingerprint density at radius 3 is 2.43 bits per heavy atom. The van der Waals surface area contributed by atoms with Crippen LogP contribution in [0, 0.1) is 9.39 Å². The van der Waals surface area contributed by atoms with E-state index in [1.165, 1.54) is 19.9 Å². The Labute approximate surface area is 142 Å². The molecule has 0 atom stereocenters.